The maximum atomic E-state index is 11.2. The number of hydrogen-bond donors (Lipinski definition) is 3. The number of carbonyl (C=O) groups is 2. The van der Waals surface area contributed by atoms with Crippen molar-refractivity contribution in [3.05, 3.63) is 41.5 Å². The number of ether oxygens (including phenoxy) is 2. The van der Waals surface area contributed by atoms with E-state index in [1.807, 2.05) is 0 Å². The number of benzene rings is 2. The van der Waals surface area contributed by atoms with E-state index in [0.717, 1.165) is 0 Å². The van der Waals surface area contributed by atoms with Gasteiger partial charge in [-0.15, -0.1) is 0 Å². The number of aliphatic hydroxyl groups is 3. The van der Waals surface area contributed by atoms with Crippen LogP contribution in [0, 0.1) is 0 Å². The van der Waals surface area contributed by atoms with E-state index < -0.39 is 42.5 Å². The molecule has 0 aromatic heterocycles. The summed E-state index contributed by atoms with van der Waals surface area (Å²) in [6.07, 6.45) is -5.31. The van der Waals surface area contributed by atoms with Gasteiger partial charge in [0, 0.05) is 11.5 Å². The Kier molecular flexibility index (Phi) is 12.3. The zero-order valence-electron chi connectivity index (χ0n) is 18.9. The first kappa shape index (κ1) is 30.3. The van der Waals surface area contributed by atoms with E-state index in [2.05, 4.69) is 0 Å². The molecule has 3 rings (SSSR count). The summed E-state index contributed by atoms with van der Waals surface area (Å²) in [5.74, 6) is -2.14. The standard InChI is InChI=1S/C22H26O9.2Na/c1-11-18(25)19(26)20(27)21(31-11)17-14-7-5-13(22(28)29)10-12(14)6-8-15(17)30-9-3-2-4-16(23)24;;/h5-8,10-11,18-21,25-27H,2-4,9H2,1H3,(H,23,24)(H,28,29);;/q;2*+1/p-2/t11-,18+,19+,20-,21+;;/m0../s1. The van der Waals surface area contributed by atoms with E-state index in [1.54, 1.807) is 19.1 Å². The van der Waals surface area contributed by atoms with Gasteiger partial charge in [-0.05, 0) is 54.7 Å². The second-order valence-electron chi connectivity index (χ2n) is 7.61. The third-order valence-electron chi connectivity index (χ3n) is 5.43. The van der Waals surface area contributed by atoms with Crippen LogP contribution in [0.5, 0.6) is 5.75 Å². The Bertz CT molecular complexity index is 968. The van der Waals surface area contributed by atoms with Gasteiger partial charge in [-0.3, -0.25) is 0 Å². The molecule has 2 aromatic carbocycles. The van der Waals surface area contributed by atoms with Crippen molar-refractivity contribution in [3.8, 4) is 5.75 Å². The summed E-state index contributed by atoms with van der Waals surface area (Å²) in [7, 11) is 0. The first-order valence-electron chi connectivity index (χ1n) is 10.0. The van der Waals surface area contributed by atoms with Gasteiger partial charge in [0.15, 0.2) is 0 Å². The average molecular weight is 478 g/mol. The zero-order valence-corrected chi connectivity index (χ0v) is 22.9. The van der Waals surface area contributed by atoms with Crippen LogP contribution < -0.4 is 74.1 Å². The quantitative estimate of drug-likeness (QED) is 0.248. The molecule has 0 radical (unpaired) electrons. The molecule has 33 heavy (non-hydrogen) atoms. The second kappa shape index (κ2) is 13.4. The summed E-state index contributed by atoms with van der Waals surface area (Å²) in [4.78, 5) is 21.8. The Morgan fingerprint density at radius 3 is 2.33 bits per heavy atom. The van der Waals surface area contributed by atoms with Crippen molar-refractivity contribution in [1.29, 1.82) is 0 Å². The number of carboxylic acids is 2. The van der Waals surface area contributed by atoms with Gasteiger partial charge in [0.25, 0.3) is 0 Å². The first-order chi connectivity index (χ1) is 14.7. The van der Waals surface area contributed by atoms with Crippen LogP contribution in [-0.2, 0) is 9.53 Å². The molecular formula is C22H24Na2O9. The minimum Gasteiger partial charge on any atom is -0.550 e. The molecule has 0 spiro atoms. The largest absolute Gasteiger partial charge is 1.00 e. The molecule has 1 aliphatic rings. The number of unbranched alkanes of at least 4 members (excludes halogenated alkanes) is 1. The van der Waals surface area contributed by atoms with Gasteiger partial charge in [0.05, 0.1) is 18.7 Å². The Balaban J connectivity index is 0.00000272. The minimum atomic E-state index is -1.46. The van der Waals surface area contributed by atoms with E-state index in [1.165, 1.54) is 18.2 Å². The molecule has 1 heterocycles. The van der Waals surface area contributed by atoms with Crippen molar-refractivity contribution in [3.63, 3.8) is 0 Å². The molecule has 3 N–H and O–H groups in total. The van der Waals surface area contributed by atoms with E-state index in [0.29, 0.717) is 34.9 Å². The second-order valence-corrected chi connectivity index (χ2v) is 7.61. The van der Waals surface area contributed by atoms with Crippen molar-refractivity contribution >= 4 is 22.7 Å². The summed E-state index contributed by atoms with van der Waals surface area (Å²) in [5, 5.41) is 53.7. The number of rotatable bonds is 8. The number of aromatic carboxylic acids is 1. The van der Waals surface area contributed by atoms with Crippen molar-refractivity contribution in [1.82, 2.24) is 0 Å². The Hall–Kier alpha value is -0.720. The fourth-order valence-corrected chi connectivity index (χ4v) is 3.72. The molecule has 1 saturated heterocycles. The molecule has 1 fully saturated rings. The van der Waals surface area contributed by atoms with Crippen LogP contribution in [0.1, 0.15) is 48.2 Å². The third kappa shape index (κ3) is 7.14. The molecule has 9 nitrogen and oxygen atoms in total. The maximum Gasteiger partial charge on any atom is 1.00 e. The topological polar surface area (TPSA) is 159 Å². The van der Waals surface area contributed by atoms with Gasteiger partial charge in [-0.2, -0.15) is 0 Å². The monoisotopic (exact) mass is 478 g/mol. The Morgan fingerprint density at radius 1 is 1.00 bits per heavy atom. The third-order valence-corrected chi connectivity index (χ3v) is 5.43. The van der Waals surface area contributed by atoms with Crippen LogP contribution in [0.2, 0.25) is 0 Å². The van der Waals surface area contributed by atoms with Crippen molar-refractivity contribution in [2.24, 2.45) is 0 Å². The Labute approximate surface area is 235 Å². The van der Waals surface area contributed by atoms with Gasteiger partial charge in [0.2, 0.25) is 0 Å². The molecular weight excluding hydrogens is 454 g/mol. The fraction of sp³-hybridized carbons (Fsp3) is 0.455. The normalized spacial score (nSPS) is 24.4. The molecule has 0 bridgehead atoms. The van der Waals surface area contributed by atoms with Crippen molar-refractivity contribution in [2.45, 2.75) is 56.7 Å². The van der Waals surface area contributed by atoms with E-state index in [-0.39, 0.29) is 77.7 Å². The van der Waals surface area contributed by atoms with Crippen molar-refractivity contribution < 1.29 is 104 Å². The molecule has 0 saturated carbocycles. The predicted octanol–water partition coefficient (Wildman–Crippen LogP) is -6.95. The molecule has 0 amide bonds. The van der Waals surface area contributed by atoms with Crippen LogP contribution in [0.3, 0.4) is 0 Å². The number of hydrogen-bond acceptors (Lipinski definition) is 9. The molecule has 168 valence electrons. The summed E-state index contributed by atoms with van der Waals surface area (Å²) in [5.41, 5.74) is 0.371. The molecule has 1 aliphatic heterocycles. The number of aliphatic hydroxyl groups excluding tert-OH is 3. The molecule has 0 aliphatic carbocycles. The average Bonchev–Trinajstić information content (AvgIpc) is 2.73. The summed E-state index contributed by atoms with van der Waals surface area (Å²) in [6, 6.07) is 7.55. The van der Waals surface area contributed by atoms with Crippen LogP contribution >= 0.6 is 0 Å². The number of carbonyl (C=O) groups excluding carboxylic acids is 2. The van der Waals surface area contributed by atoms with Crippen molar-refractivity contribution in [2.75, 3.05) is 6.61 Å². The predicted molar refractivity (Wildman–Crippen MR) is 104 cm³/mol. The summed E-state index contributed by atoms with van der Waals surface area (Å²) in [6.45, 7) is 1.75. The summed E-state index contributed by atoms with van der Waals surface area (Å²) >= 11 is 0. The van der Waals surface area contributed by atoms with Crippen LogP contribution in [0.25, 0.3) is 10.8 Å². The van der Waals surface area contributed by atoms with Crippen LogP contribution in [-0.4, -0.2) is 58.3 Å². The molecule has 0 unspecified atom stereocenters. The number of carboxylic acid groups (broad SMARTS) is 2. The minimum absolute atomic E-state index is 0. The molecule has 2 aromatic rings. The van der Waals surface area contributed by atoms with E-state index in [4.69, 9.17) is 9.47 Å². The van der Waals surface area contributed by atoms with Crippen LogP contribution in [0.15, 0.2) is 30.3 Å². The fourth-order valence-electron chi connectivity index (χ4n) is 3.72. The van der Waals surface area contributed by atoms with Gasteiger partial charge in [-0.1, -0.05) is 18.2 Å². The van der Waals surface area contributed by atoms with Gasteiger partial charge < -0.3 is 44.6 Å². The molecule has 11 heteroatoms. The number of fused-ring (bicyclic) bond motifs is 1. The maximum absolute atomic E-state index is 11.2. The van der Waals surface area contributed by atoms with Gasteiger partial charge in [-0.25, -0.2) is 0 Å². The van der Waals surface area contributed by atoms with E-state index >= 15 is 0 Å². The first-order valence-corrected chi connectivity index (χ1v) is 10.0. The van der Waals surface area contributed by atoms with Gasteiger partial charge in [0.1, 0.15) is 30.2 Å². The van der Waals surface area contributed by atoms with E-state index in [9.17, 15) is 35.1 Å². The van der Waals surface area contributed by atoms with Gasteiger partial charge >= 0.3 is 59.1 Å². The zero-order chi connectivity index (χ0) is 22.7. The smallest absolute Gasteiger partial charge is 0.550 e. The molecule has 5 atom stereocenters. The Morgan fingerprint density at radius 2 is 1.70 bits per heavy atom. The van der Waals surface area contributed by atoms with Crippen LogP contribution in [0.4, 0.5) is 0 Å². The number of aliphatic carboxylic acids is 1. The SMILES string of the molecule is C[C@@H]1O[C@H](c2c(OCCCCC(=O)[O-])ccc3cc(C(=O)[O-])ccc23)[C@@H](O)[C@H](O)[C@@H]1O.[Na+].[Na+]. The summed E-state index contributed by atoms with van der Waals surface area (Å²) < 4.78 is 11.6.